The summed E-state index contributed by atoms with van der Waals surface area (Å²) in [5.41, 5.74) is 8.05. The minimum atomic E-state index is -0.451. The van der Waals surface area contributed by atoms with E-state index in [0.717, 1.165) is 26.7 Å². The first kappa shape index (κ1) is 16.5. The van der Waals surface area contributed by atoms with Gasteiger partial charge in [0.25, 0.3) is 0 Å². The van der Waals surface area contributed by atoms with Crippen molar-refractivity contribution in [2.24, 2.45) is 5.73 Å². The van der Waals surface area contributed by atoms with Gasteiger partial charge in [-0.2, -0.15) is 0 Å². The smallest absolute Gasteiger partial charge is 0.226 e. The van der Waals surface area contributed by atoms with Crippen LogP contribution in [0.1, 0.15) is 28.4 Å². The number of ketones is 1. The van der Waals surface area contributed by atoms with Crippen LogP contribution in [0.4, 0.5) is 0 Å². The highest BCUT2D eigenvalue weighted by molar-refractivity contribution is 14.1. The van der Waals surface area contributed by atoms with Gasteiger partial charge < -0.3 is 10.8 Å². The summed E-state index contributed by atoms with van der Waals surface area (Å²) >= 11 is 4.38. The van der Waals surface area contributed by atoms with Crippen molar-refractivity contribution >= 4 is 62.2 Å². The highest BCUT2D eigenvalue weighted by atomic mass is 127. The van der Waals surface area contributed by atoms with E-state index in [0.29, 0.717) is 5.75 Å². The van der Waals surface area contributed by atoms with E-state index in [-0.39, 0.29) is 15.3 Å². The van der Waals surface area contributed by atoms with E-state index in [9.17, 15) is 9.90 Å². The Morgan fingerprint density at radius 3 is 2.62 bits per heavy atom. The summed E-state index contributed by atoms with van der Waals surface area (Å²) < 4.78 is 0.939. The fourth-order valence-corrected chi connectivity index (χ4v) is 3.19. The Balaban J connectivity index is 2.56. The van der Waals surface area contributed by atoms with Crippen molar-refractivity contribution in [3.05, 3.63) is 44.7 Å². The van der Waals surface area contributed by atoms with Crippen molar-refractivity contribution in [1.29, 1.82) is 5.41 Å². The molecule has 1 aliphatic carbocycles. The maximum Gasteiger partial charge on any atom is 0.226 e. The second-order valence-electron chi connectivity index (χ2n) is 4.71. The Morgan fingerprint density at radius 1 is 1.38 bits per heavy atom. The molecule has 1 aromatic carbocycles. The summed E-state index contributed by atoms with van der Waals surface area (Å²) in [5, 5.41) is 17.9. The third-order valence-electron chi connectivity index (χ3n) is 3.24. The van der Waals surface area contributed by atoms with Gasteiger partial charge in [-0.1, -0.05) is 29.5 Å². The van der Waals surface area contributed by atoms with Gasteiger partial charge in [0.15, 0.2) is 0 Å². The number of carbonyl (C=O) groups is 1. The number of alkyl halides is 1. The highest BCUT2D eigenvalue weighted by Crippen LogP contribution is 2.38. The number of Topliss-reactive ketones (excluding diaryl/α,β-unsaturated/α-hetero) is 1. The summed E-state index contributed by atoms with van der Waals surface area (Å²) in [6.45, 7) is 2.06. The first-order valence-electron chi connectivity index (χ1n) is 6.34. The molecule has 0 aromatic heterocycles. The van der Waals surface area contributed by atoms with E-state index in [1.54, 1.807) is 6.08 Å². The van der Waals surface area contributed by atoms with Crippen molar-refractivity contribution in [1.82, 2.24) is 0 Å². The van der Waals surface area contributed by atoms with Gasteiger partial charge in [0, 0.05) is 9.49 Å². The molecule has 0 amide bonds. The molecule has 21 heavy (non-hydrogen) atoms. The summed E-state index contributed by atoms with van der Waals surface area (Å²) in [6, 6.07) is 3.73. The summed E-state index contributed by atoms with van der Waals surface area (Å²) in [5.74, 6) is -0.159. The molecule has 4 N–H and O–H groups in total. The van der Waals surface area contributed by atoms with E-state index in [1.807, 2.05) is 12.1 Å². The number of carbonyl (C=O) groups excluding carboxylic acids is 1. The Morgan fingerprint density at radius 2 is 2.05 bits per heavy atom. The summed E-state index contributed by atoms with van der Waals surface area (Å²) in [6.07, 6.45) is 4.00. The lowest BCUT2D eigenvalue weighted by atomic mass is 9.94. The van der Waals surface area contributed by atoms with Crippen molar-refractivity contribution in [2.75, 3.05) is 0 Å². The largest absolute Gasteiger partial charge is 0.507 e. The average molecular weight is 508 g/mol. The molecule has 1 aliphatic rings. The number of rotatable bonds is 3. The fourth-order valence-electron chi connectivity index (χ4n) is 2.06. The quantitative estimate of drug-likeness (QED) is 0.331. The molecule has 0 saturated heterocycles. The molecule has 0 saturated carbocycles. The molecule has 0 bridgehead atoms. The SMILES string of the molecule is CCC(I)c1cc(C2=CC(=N)C(=O)C(N)=C2)cc(I)c1O. The van der Waals surface area contributed by atoms with Crippen molar-refractivity contribution in [3.8, 4) is 5.75 Å². The lowest BCUT2D eigenvalue weighted by molar-refractivity contribution is -0.109. The van der Waals surface area contributed by atoms with E-state index < -0.39 is 5.78 Å². The average Bonchev–Trinajstić information content (AvgIpc) is 2.46. The van der Waals surface area contributed by atoms with Crippen LogP contribution >= 0.6 is 45.2 Å². The second-order valence-corrected chi connectivity index (χ2v) is 7.38. The first-order valence-corrected chi connectivity index (χ1v) is 8.66. The zero-order valence-electron chi connectivity index (χ0n) is 11.3. The van der Waals surface area contributed by atoms with Crippen LogP contribution in [0.3, 0.4) is 0 Å². The van der Waals surface area contributed by atoms with E-state index in [1.165, 1.54) is 6.08 Å². The minimum Gasteiger partial charge on any atom is -0.507 e. The normalized spacial score (nSPS) is 16.5. The van der Waals surface area contributed by atoms with Crippen molar-refractivity contribution in [2.45, 2.75) is 17.3 Å². The molecule has 0 fully saturated rings. The number of nitrogens with one attached hydrogen (secondary N) is 1. The number of hydrogen-bond donors (Lipinski definition) is 3. The molecule has 0 spiro atoms. The first-order chi connectivity index (χ1) is 9.85. The van der Waals surface area contributed by atoms with Crippen LogP contribution < -0.4 is 5.73 Å². The maximum atomic E-state index is 11.5. The molecule has 0 radical (unpaired) electrons. The number of halogens is 2. The lowest BCUT2D eigenvalue weighted by Gasteiger charge is -2.16. The topological polar surface area (TPSA) is 87.2 Å². The molecule has 4 nitrogen and oxygen atoms in total. The van der Waals surface area contributed by atoms with Crippen LogP contribution in [-0.4, -0.2) is 16.6 Å². The van der Waals surface area contributed by atoms with Crippen LogP contribution in [0, 0.1) is 8.98 Å². The molecule has 0 heterocycles. The third-order valence-corrected chi connectivity index (χ3v) is 5.61. The minimum absolute atomic E-state index is 0.0728. The molecule has 2 rings (SSSR count). The lowest BCUT2D eigenvalue weighted by Crippen LogP contribution is -2.22. The highest BCUT2D eigenvalue weighted by Gasteiger charge is 2.20. The third kappa shape index (κ3) is 3.31. The molecular formula is C15H14I2N2O2. The Kier molecular flexibility index (Phi) is 5.07. The van der Waals surface area contributed by atoms with Crippen LogP contribution in [0.25, 0.3) is 5.57 Å². The summed E-state index contributed by atoms with van der Waals surface area (Å²) in [4.78, 5) is 11.5. The molecular weight excluding hydrogens is 494 g/mol. The van der Waals surface area contributed by atoms with Gasteiger partial charge in [0.2, 0.25) is 5.78 Å². The van der Waals surface area contributed by atoms with Crippen LogP contribution in [0.5, 0.6) is 5.75 Å². The number of phenolic OH excluding ortho intramolecular Hbond substituents is 1. The van der Waals surface area contributed by atoms with Crippen LogP contribution in [0.2, 0.25) is 0 Å². The van der Waals surface area contributed by atoms with Gasteiger partial charge in [-0.05, 0) is 64.4 Å². The van der Waals surface area contributed by atoms with Crippen molar-refractivity contribution in [3.63, 3.8) is 0 Å². The standard InChI is InChI=1S/C15H14I2N2O2/c1-2-10(16)9-3-7(4-11(17)14(9)20)8-5-12(18)15(21)13(19)6-8/h3-6,10,18,20H,2,19H2,1H3. The van der Waals surface area contributed by atoms with Crippen LogP contribution in [-0.2, 0) is 4.79 Å². The number of hydrogen-bond acceptors (Lipinski definition) is 4. The molecule has 1 atom stereocenters. The van der Waals surface area contributed by atoms with Gasteiger partial charge in [-0.15, -0.1) is 0 Å². The number of aromatic hydroxyl groups is 1. The van der Waals surface area contributed by atoms with Gasteiger partial charge in [0.05, 0.1) is 9.27 Å². The van der Waals surface area contributed by atoms with E-state index in [2.05, 4.69) is 52.1 Å². The van der Waals surface area contributed by atoms with Gasteiger partial charge >= 0.3 is 0 Å². The van der Waals surface area contributed by atoms with Gasteiger partial charge in [0.1, 0.15) is 11.5 Å². The molecule has 110 valence electrons. The second kappa shape index (κ2) is 6.47. The van der Waals surface area contributed by atoms with Gasteiger partial charge in [-0.3, -0.25) is 10.2 Å². The van der Waals surface area contributed by atoms with Crippen molar-refractivity contribution < 1.29 is 9.90 Å². The Labute approximate surface area is 150 Å². The molecule has 6 heteroatoms. The Bertz CT molecular complexity index is 693. The van der Waals surface area contributed by atoms with E-state index in [4.69, 9.17) is 11.1 Å². The van der Waals surface area contributed by atoms with E-state index >= 15 is 0 Å². The fraction of sp³-hybridized carbons (Fsp3) is 0.200. The maximum absolute atomic E-state index is 11.5. The molecule has 0 aliphatic heterocycles. The predicted molar refractivity (Wildman–Crippen MR) is 101 cm³/mol. The zero-order valence-corrected chi connectivity index (χ0v) is 15.6. The number of nitrogens with two attached hydrogens (primary N) is 1. The monoisotopic (exact) mass is 508 g/mol. The van der Waals surface area contributed by atoms with Gasteiger partial charge in [-0.25, -0.2) is 0 Å². The number of allylic oxidation sites excluding steroid dienone is 4. The predicted octanol–water partition coefficient (Wildman–Crippen LogP) is 3.71. The Hall–Kier alpha value is -0.900. The number of phenols is 1. The molecule has 1 aromatic rings. The van der Waals surface area contributed by atoms with Crippen LogP contribution in [0.15, 0.2) is 30.0 Å². The summed E-state index contributed by atoms with van der Waals surface area (Å²) in [7, 11) is 0. The molecule has 1 unspecified atom stereocenters. The number of benzene rings is 1. The zero-order chi connectivity index (χ0) is 15.7.